The summed E-state index contributed by atoms with van der Waals surface area (Å²) in [5.74, 6) is 0. The van der Waals surface area contributed by atoms with E-state index in [1.807, 2.05) is 37.0 Å². The van der Waals surface area contributed by atoms with Crippen LogP contribution in [0.2, 0.25) is 0 Å². The molecule has 1 atom stereocenters. The summed E-state index contributed by atoms with van der Waals surface area (Å²) in [6, 6.07) is 16.2. The van der Waals surface area contributed by atoms with Crippen LogP contribution >= 0.6 is 24.0 Å². The van der Waals surface area contributed by atoms with Crippen molar-refractivity contribution in [3.05, 3.63) is 59.1 Å². The fourth-order valence-corrected chi connectivity index (χ4v) is 5.21. The molecule has 0 spiro atoms. The number of rotatable bonds is 4. The SMILES string of the molecule is CP(NS(=O)(=O)c1ccc(Br)cc1)c1ccccc1. The van der Waals surface area contributed by atoms with Gasteiger partial charge in [-0.25, -0.2) is 8.42 Å². The summed E-state index contributed by atoms with van der Waals surface area (Å²) in [6.45, 7) is 1.89. The van der Waals surface area contributed by atoms with Gasteiger partial charge in [-0.05, 0) is 36.2 Å². The van der Waals surface area contributed by atoms with Crippen molar-refractivity contribution in [2.24, 2.45) is 0 Å². The highest BCUT2D eigenvalue weighted by atomic mass is 79.9. The number of hydrogen-bond acceptors (Lipinski definition) is 2. The maximum absolute atomic E-state index is 12.2. The Bertz CT molecular complexity index is 644. The second-order valence-electron chi connectivity index (χ2n) is 3.94. The Hall–Kier alpha value is -0.740. The lowest BCUT2D eigenvalue weighted by atomic mass is 10.4. The molecule has 2 aromatic rings. The van der Waals surface area contributed by atoms with Crippen molar-refractivity contribution in [2.75, 3.05) is 6.66 Å². The summed E-state index contributed by atoms with van der Waals surface area (Å²) in [4.78, 5) is 0.279. The molecule has 3 nitrogen and oxygen atoms in total. The number of nitrogens with one attached hydrogen (secondary N) is 1. The van der Waals surface area contributed by atoms with Gasteiger partial charge in [0.1, 0.15) is 0 Å². The first-order valence-corrected chi connectivity index (χ1v) is 9.62. The van der Waals surface area contributed by atoms with Crippen LogP contribution in [0.4, 0.5) is 0 Å². The normalized spacial score (nSPS) is 13.2. The Kier molecular flexibility index (Phi) is 4.74. The van der Waals surface area contributed by atoms with E-state index < -0.39 is 18.1 Å². The fraction of sp³-hybridized carbons (Fsp3) is 0.0769. The Morgan fingerprint density at radius 1 is 1.00 bits per heavy atom. The summed E-state index contributed by atoms with van der Waals surface area (Å²) >= 11 is 3.29. The summed E-state index contributed by atoms with van der Waals surface area (Å²) < 4.78 is 28.0. The van der Waals surface area contributed by atoms with E-state index in [0.29, 0.717) is 0 Å². The lowest BCUT2D eigenvalue weighted by Crippen LogP contribution is -2.22. The van der Waals surface area contributed by atoms with E-state index >= 15 is 0 Å². The highest BCUT2D eigenvalue weighted by Gasteiger charge is 2.17. The Labute approximate surface area is 123 Å². The lowest BCUT2D eigenvalue weighted by Gasteiger charge is -2.14. The molecule has 2 rings (SSSR count). The zero-order valence-corrected chi connectivity index (χ0v) is 13.5. The summed E-state index contributed by atoms with van der Waals surface area (Å²) in [6.07, 6.45) is 0. The molecule has 0 aliphatic heterocycles. The van der Waals surface area contributed by atoms with Crippen LogP contribution in [0, 0.1) is 0 Å². The van der Waals surface area contributed by atoms with Gasteiger partial charge in [0.25, 0.3) is 0 Å². The largest absolute Gasteiger partial charge is 0.244 e. The van der Waals surface area contributed by atoms with E-state index in [9.17, 15) is 8.42 Å². The quantitative estimate of drug-likeness (QED) is 0.854. The number of hydrogen-bond donors (Lipinski definition) is 1. The number of sulfonamides is 1. The topological polar surface area (TPSA) is 46.2 Å². The van der Waals surface area contributed by atoms with Gasteiger partial charge in [0.15, 0.2) is 0 Å². The maximum atomic E-state index is 12.2. The first kappa shape index (κ1) is 14.7. The Balaban J connectivity index is 2.20. The molecule has 0 aromatic heterocycles. The molecule has 0 heterocycles. The average Bonchev–Trinajstić information content (AvgIpc) is 2.40. The highest BCUT2D eigenvalue weighted by molar-refractivity contribution is 9.10. The van der Waals surface area contributed by atoms with Crippen molar-refractivity contribution in [3.8, 4) is 0 Å². The zero-order valence-electron chi connectivity index (χ0n) is 10.2. The van der Waals surface area contributed by atoms with Crippen LogP contribution in [0.25, 0.3) is 0 Å². The van der Waals surface area contributed by atoms with Crippen LogP contribution in [-0.4, -0.2) is 15.1 Å². The molecule has 100 valence electrons. The van der Waals surface area contributed by atoms with Gasteiger partial charge in [-0.2, -0.15) is 4.49 Å². The molecular formula is C13H13BrNO2PS. The maximum Gasteiger partial charge on any atom is 0.244 e. The molecule has 19 heavy (non-hydrogen) atoms. The van der Waals surface area contributed by atoms with E-state index in [1.165, 1.54) is 0 Å². The molecular weight excluding hydrogens is 345 g/mol. The number of benzene rings is 2. The van der Waals surface area contributed by atoms with Crippen LogP contribution in [0.1, 0.15) is 0 Å². The van der Waals surface area contributed by atoms with Crippen LogP contribution in [-0.2, 0) is 10.0 Å². The second-order valence-corrected chi connectivity index (χ2v) is 8.70. The molecule has 0 bridgehead atoms. The molecule has 0 saturated heterocycles. The smallest absolute Gasteiger partial charge is 0.207 e. The third-order valence-corrected chi connectivity index (χ3v) is 7.08. The van der Waals surface area contributed by atoms with E-state index in [0.717, 1.165) is 9.78 Å². The van der Waals surface area contributed by atoms with Gasteiger partial charge in [0, 0.05) is 12.5 Å². The Morgan fingerprint density at radius 3 is 2.16 bits per heavy atom. The highest BCUT2D eigenvalue weighted by Crippen LogP contribution is 2.27. The first-order valence-electron chi connectivity index (χ1n) is 5.56. The van der Waals surface area contributed by atoms with Gasteiger partial charge >= 0.3 is 0 Å². The molecule has 6 heteroatoms. The minimum Gasteiger partial charge on any atom is -0.207 e. The van der Waals surface area contributed by atoms with Gasteiger partial charge in [0.05, 0.1) is 4.90 Å². The fourth-order valence-electron chi connectivity index (χ4n) is 1.55. The van der Waals surface area contributed by atoms with Crippen LogP contribution < -0.4 is 9.80 Å². The van der Waals surface area contributed by atoms with Gasteiger partial charge in [-0.3, -0.25) is 0 Å². The predicted octanol–water partition coefficient (Wildman–Crippen LogP) is 3.08. The van der Waals surface area contributed by atoms with Crippen molar-refractivity contribution in [1.29, 1.82) is 0 Å². The summed E-state index contributed by atoms with van der Waals surface area (Å²) in [7, 11) is -4.41. The third kappa shape index (κ3) is 3.86. The zero-order chi connectivity index (χ0) is 13.9. The predicted molar refractivity (Wildman–Crippen MR) is 83.4 cm³/mol. The van der Waals surface area contributed by atoms with E-state index in [4.69, 9.17) is 0 Å². The minimum atomic E-state index is -3.47. The molecule has 0 saturated carbocycles. The molecule has 2 aromatic carbocycles. The minimum absolute atomic E-state index is 0.279. The summed E-state index contributed by atoms with van der Waals surface area (Å²) in [5.41, 5.74) is 0. The van der Waals surface area contributed by atoms with Crippen molar-refractivity contribution in [2.45, 2.75) is 4.90 Å². The monoisotopic (exact) mass is 357 g/mol. The molecule has 1 unspecified atom stereocenters. The molecule has 0 aliphatic carbocycles. The van der Waals surface area contributed by atoms with Gasteiger partial charge < -0.3 is 0 Å². The molecule has 1 N–H and O–H groups in total. The van der Waals surface area contributed by atoms with Crippen molar-refractivity contribution < 1.29 is 8.42 Å². The molecule has 0 fully saturated rings. The molecule has 0 radical (unpaired) electrons. The van der Waals surface area contributed by atoms with Gasteiger partial charge in [-0.15, -0.1) is 0 Å². The standard InChI is InChI=1S/C13H13BrNO2PS/c1-18(12-5-3-2-4-6-12)15-19(16,17)13-9-7-11(14)8-10-13/h2-10,15H,1H3. The third-order valence-electron chi connectivity index (χ3n) is 2.52. The van der Waals surface area contributed by atoms with E-state index in [1.54, 1.807) is 24.3 Å². The van der Waals surface area contributed by atoms with Crippen molar-refractivity contribution in [1.82, 2.24) is 4.49 Å². The average molecular weight is 358 g/mol. The van der Waals surface area contributed by atoms with Crippen LogP contribution in [0.15, 0.2) is 64.0 Å². The van der Waals surface area contributed by atoms with Crippen LogP contribution in [0.5, 0.6) is 0 Å². The first-order chi connectivity index (χ1) is 8.99. The number of halogens is 1. The van der Waals surface area contributed by atoms with E-state index in [2.05, 4.69) is 20.4 Å². The van der Waals surface area contributed by atoms with Gasteiger partial charge in [-0.1, -0.05) is 46.3 Å². The van der Waals surface area contributed by atoms with Crippen molar-refractivity contribution >= 4 is 39.3 Å². The lowest BCUT2D eigenvalue weighted by molar-refractivity contribution is 0.594. The molecule has 0 aliphatic rings. The molecule has 0 amide bonds. The van der Waals surface area contributed by atoms with Crippen LogP contribution in [0.3, 0.4) is 0 Å². The van der Waals surface area contributed by atoms with E-state index in [-0.39, 0.29) is 4.90 Å². The van der Waals surface area contributed by atoms with Crippen molar-refractivity contribution in [3.63, 3.8) is 0 Å². The van der Waals surface area contributed by atoms with Gasteiger partial charge in [0.2, 0.25) is 10.0 Å². The summed E-state index contributed by atoms with van der Waals surface area (Å²) in [5, 5.41) is 0.998. The Morgan fingerprint density at radius 2 is 1.58 bits per heavy atom. The second kappa shape index (κ2) is 6.14.